The molecule has 0 bridgehead atoms. The van der Waals surface area contributed by atoms with Crippen LogP contribution in [-0.4, -0.2) is 60.7 Å². The molecular weight excluding hydrogens is 519 g/mol. The number of nitrogens with one attached hydrogen (secondary N) is 1. The van der Waals surface area contributed by atoms with Crippen LogP contribution in [0.5, 0.6) is 0 Å². The number of anilines is 1. The fourth-order valence-electron chi connectivity index (χ4n) is 3.29. The molecule has 0 aromatic carbocycles. The molecule has 35 heavy (non-hydrogen) atoms. The molecule has 0 radical (unpaired) electrons. The Morgan fingerprint density at radius 2 is 2.09 bits per heavy atom. The highest BCUT2D eigenvalue weighted by atomic mass is 35.5. The smallest absolute Gasteiger partial charge is 0.406 e. The summed E-state index contributed by atoms with van der Waals surface area (Å²) >= 11 is 7.16. The van der Waals surface area contributed by atoms with Crippen molar-refractivity contribution in [1.82, 2.24) is 24.6 Å². The molecule has 4 atom stereocenters. The Bertz CT molecular complexity index is 1160. The number of hydrogen-bond donors (Lipinski definition) is 3. The maximum absolute atomic E-state index is 13.2. The van der Waals surface area contributed by atoms with Crippen LogP contribution in [0, 0.1) is 11.8 Å². The summed E-state index contributed by atoms with van der Waals surface area (Å²) in [5, 5.41) is 11.8. The van der Waals surface area contributed by atoms with Gasteiger partial charge in [0.1, 0.15) is 11.6 Å². The predicted molar refractivity (Wildman–Crippen MR) is 133 cm³/mol. The van der Waals surface area contributed by atoms with Crippen molar-refractivity contribution in [1.29, 1.82) is 0 Å². The lowest BCUT2D eigenvalue weighted by molar-refractivity contribution is -0.138. The Balaban J connectivity index is 1.61. The summed E-state index contributed by atoms with van der Waals surface area (Å²) in [6.45, 7) is 4.88. The second-order valence-corrected chi connectivity index (χ2v) is 11.5. The van der Waals surface area contributed by atoms with Gasteiger partial charge < -0.3 is 15.4 Å². The van der Waals surface area contributed by atoms with Crippen molar-refractivity contribution in [2.45, 2.75) is 39.3 Å². The first-order chi connectivity index (χ1) is 16.5. The van der Waals surface area contributed by atoms with Gasteiger partial charge in [-0.1, -0.05) is 49.4 Å². The number of carboxylic acids is 1. The average molecular weight is 547 g/mol. The van der Waals surface area contributed by atoms with Crippen LogP contribution in [0.15, 0.2) is 18.5 Å². The summed E-state index contributed by atoms with van der Waals surface area (Å²) in [4.78, 5) is 35.4. The molecule has 4 N–H and O–H groups in total. The van der Waals surface area contributed by atoms with E-state index >= 15 is 0 Å². The van der Waals surface area contributed by atoms with Crippen molar-refractivity contribution < 1.29 is 28.3 Å². The van der Waals surface area contributed by atoms with Gasteiger partial charge in [0.25, 0.3) is 0 Å². The van der Waals surface area contributed by atoms with Crippen LogP contribution in [0.25, 0.3) is 11.2 Å². The number of thioether (sulfide) groups is 1. The maximum Gasteiger partial charge on any atom is 0.406 e. The van der Waals surface area contributed by atoms with Crippen molar-refractivity contribution in [3.63, 3.8) is 0 Å². The number of halogens is 1. The maximum atomic E-state index is 13.2. The molecular formula is C20H28ClN6O6PS. The number of carbonyl (C=O) groups excluding carboxylic acids is 1. The molecule has 2 heterocycles. The lowest BCUT2D eigenvalue weighted by Crippen LogP contribution is -2.33. The van der Waals surface area contributed by atoms with Crippen LogP contribution in [0.1, 0.15) is 33.2 Å². The highest BCUT2D eigenvalue weighted by Crippen LogP contribution is 2.46. The molecule has 0 fully saturated rings. The summed E-state index contributed by atoms with van der Waals surface area (Å²) in [5.41, 5.74) is 6.65. The van der Waals surface area contributed by atoms with E-state index in [2.05, 4.69) is 20.0 Å². The number of nitrogens with zero attached hydrogens (tertiary/aromatic N) is 4. The minimum Gasteiger partial charge on any atom is -0.480 e. The van der Waals surface area contributed by atoms with Crippen molar-refractivity contribution in [2.75, 3.05) is 24.7 Å². The second kappa shape index (κ2) is 11.8. The Kier molecular flexibility index (Phi) is 9.30. The molecule has 0 amide bonds. The average Bonchev–Trinajstić information content (AvgIpc) is 3.42. The van der Waals surface area contributed by atoms with Crippen molar-refractivity contribution in [3.05, 3.63) is 23.6 Å². The van der Waals surface area contributed by atoms with Crippen LogP contribution >= 0.6 is 31.1 Å². The number of hydrogen-bond acceptors (Lipinski definition) is 10. The number of carbonyl (C=O) groups is 2. The van der Waals surface area contributed by atoms with Gasteiger partial charge in [-0.05, 0) is 13.3 Å². The minimum atomic E-state index is -3.96. The molecule has 0 aliphatic heterocycles. The summed E-state index contributed by atoms with van der Waals surface area (Å²) in [6.07, 6.45) is 6.03. The number of aromatic nitrogens is 4. The van der Waals surface area contributed by atoms with E-state index in [0.29, 0.717) is 17.6 Å². The normalized spacial score (nSPS) is 20.4. The quantitative estimate of drug-likeness (QED) is 0.154. The highest BCUT2D eigenvalue weighted by molar-refractivity contribution is 8.13. The largest absolute Gasteiger partial charge is 0.480 e. The van der Waals surface area contributed by atoms with Gasteiger partial charge in [-0.3, -0.25) is 18.6 Å². The zero-order valence-electron chi connectivity index (χ0n) is 19.5. The van der Waals surface area contributed by atoms with Gasteiger partial charge in [-0.15, -0.1) is 0 Å². The molecule has 2 aromatic heterocycles. The van der Waals surface area contributed by atoms with E-state index < -0.39 is 19.8 Å². The first kappa shape index (κ1) is 27.6. The predicted octanol–water partition coefficient (Wildman–Crippen LogP) is 3.30. The Morgan fingerprint density at radius 3 is 2.77 bits per heavy atom. The monoisotopic (exact) mass is 546 g/mol. The van der Waals surface area contributed by atoms with E-state index in [1.807, 2.05) is 16.7 Å². The fraction of sp³-hybridized carbons (Fsp3) is 0.550. The summed E-state index contributed by atoms with van der Waals surface area (Å²) in [7, 11) is -3.96. The van der Waals surface area contributed by atoms with E-state index in [1.165, 1.54) is 6.92 Å². The number of aliphatic carboxylic acids is 1. The molecule has 0 saturated carbocycles. The minimum absolute atomic E-state index is 0.0151. The number of allylic oxidation sites excluding steroid dienone is 1. The van der Waals surface area contributed by atoms with Gasteiger partial charge in [-0.2, -0.15) is 9.97 Å². The molecule has 192 valence electrons. The van der Waals surface area contributed by atoms with Gasteiger partial charge in [0, 0.05) is 17.6 Å². The summed E-state index contributed by atoms with van der Waals surface area (Å²) in [6, 6.07) is -1.28. The SMILES string of the molecule is CC(C)C(=O)SCCOP(=O)(NC(C)C(=O)O)OC[C@@H]1C=C[C@H](n2cnc3c(Cl)nc(N)nc32)C1. The third-order valence-electron chi connectivity index (χ3n) is 5.14. The second-order valence-electron chi connectivity index (χ2n) is 8.28. The number of fused-ring (bicyclic) bond motifs is 1. The Hall–Kier alpha value is -2.02. The first-order valence-electron chi connectivity index (χ1n) is 10.9. The molecule has 0 saturated heterocycles. The van der Waals surface area contributed by atoms with Crippen molar-refractivity contribution in [3.8, 4) is 0 Å². The topological polar surface area (TPSA) is 172 Å². The molecule has 1 aliphatic carbocycles. The van der Waals surface area contributed by atoms with Gasteiger partial charge in [0.2, 0.25) is 5.95 Å². The highest BCUT2D eigenvalue weighted by Gasteiger charge is 2.32. The standard InChI is InChI=1S/C20H28ClN6O6PS/c1-11(2)19(30)35-7-6-32-34(31,26-12(3)18(28)29)33-9-13-4-5-14(8-13)27-10-23-15-16(21)24-20(22)25-17(15)27/h4-5,10-14H,6-9H2,1-3H3,(H,26,31)(H,28,29)(H2,22,24,25)/t12?,13-,14+,34?/m1/s1. The van der Waals surface area contributed by atoms with Gasteiger partial charge >= 0.3 is 13.7 Å². The Morgan fingerprint density at radius 1 is 1.34 bits per heavy atom. The molecule has 0 spiro atoms. The zero-order valence-corrected chi connectivity index (χ0v) is 21.9. The fourth-order valence-corrected chi connectivity index (χ4v) is 5.86. The van der Waals surface area contributed by atoms with Gasteiger partial charge in [-0.25, -0.2) is 14.6 Å². The van der Waals surface area contributed by atoms with Gasteiger partial charge in [0.15, 0.2) is 15.9 Å². The molecule has 12 nitrogen and oxygen atoms in total. The van der Waals surface area contributed by atoms with Crippen LogP contribution in [0.2, 0.25) is 5.15 Å². The van der Waals surface area contributed by atoms with Crippen LogP contribution in [0.4, 0.5) is 5.95 Å². The van der Waals surface area contributed by atoms with Crippen LogP contribution < -0.4 is 10.8 Å². The van der Waals surface area contributed by atoms with Crippen LogP contribution in [0.3, 0.4) is 0 Å². The number of nitrogens with two attached hydrogens (primary N) is 1. The van der Waals surface area contributed by atoms with E-state index in [4.69, 9.17) is 26.4 Å². The van der Waals surface area contributed by atoms with E-state index in [1.54, 1.807) is 20.2 Å². The molecule has 2 aromatic rings. The molecule has 1 aliphatic rings. The van der Waals surface area contributed by atoms with Gasteiger partial charge in [0.05, 0.1) is 25.6 Å². The van der Waals surface area contributed by atoms with E-state index in [0.717, 1.165) is 11.8 Å². The number of rotatable bonds is 12. The summed E-state index contributed by atoms with van der Waals surface area (Å²) < 4.78 is 26.1. The lowest BCUT2D eigenvalue weighted by atomic mass is 10.1. The molecule has 3 rings (SSSR count). The third-order valence-corrected chi connectivity index (χ3v) is 8.25. The van der Waals surface area contributed by atoms with Crippen LogP contribution in [-0.2, 0) is 23.2 Å². The summed E-state index contributed by atoms with van der Waals surface area (Å²) in [5.74, 6) is -1.17. The van der Waals surface area contributed by atoms with E-state index in [-0.39, 0.29) is 53.1 Å². The number of carboxylic acid groups (broad SMARTS) is 1. The lowest BCUT2D eigenvalue weighted by Gasteiger charge is -2.23. The first-order valence-corrected chi connectivity index (χ1v) is 13.8. The zero-order chi connectivity index (χ0) is 25.8. The molecule has 2 unspecified atom stereocenters. The van der Waals surface area contributed by atoms with Crippen molar-refractivity contribution in [2.24, 2.45) is 11.8 Å². The van der Waals surface area contributed by atoms with E-state index in [9.17, 15) is 19.3 Å². The third kappa shape index (κ3) is 7.25. The van der Waals surface area contributed by atoms with Crippen molar-refractivity contribution >= 4 is 59.3 Å². The number of nitrogen functional groups attached to an aromatic ring is 1. The number of imidazole rings is 1. The Labute approximate surface area is 211 Å². The molecule has 15 heteroatoms.